The van der Waals surface area contributed by atoms with Crippen molar-refractivity contribution in [3.05, 3.63) is 76.3 Å². The first-order valence-electron chi connectivity index (χ1n) is 8.51. The largest absolute Gasteiger partial charge is 0.417 e. The Morgan fingerprint density at radius 1 is 1.07 bits per heavy atom. The second kappa shape index (κ2) is 8.44. The molecule has 1 heterocycles. The molecule has 0 saturated carbocycles. The molecular weight excluding hydrogens is 403 g/mol. The highest BCUT2D eigenvalue weighted by Gasteiger charge is 2.34. The molecule has 3 rings (SSSR count). The lowest BCUT2D eigenvalue weighted by atomic mass is 10.1. The Labute approximate surface area is 168 Å². The van der Waals surface area contributed by atoms with Crippen LogP contribution in [0.25, 0.3) is 0 Å². The molecule has 3 aromatic rings. The van der Waals surface area contributed by atoms with Crippen molar-refractivity contribution in [2.45, 2.75) is 19.6 Å². The highest BCUT2D eigenvalue weighted by atomic mass is 32.1. The maximum Gasteiger partial charge on any atom is 0.417 e. The average molecular weight is 419 g/mol. The van der Waals surface area contributed by atoms with Crippen LogP contribution in [0.15, 0.2) is 53.9 Å². The predicted molar refractivity (Wildman–Crippen MR) is 104 cm³/mol. The fourth-order valence-corrected chi connectivity index (χ4v) is 3.28. The number of benzene rings is 2. The van der Waals surface area contributed by atoms with Crippen molar-refractivity contribution >= 4 is 33.8 Å². The molecule has 0 fully saturated rings. The number of carbonyl (C=O) groups is 2. The molecule has 1 amide bonds. The second-order valence-electron chi connectivity index (χ2n) is 6.13. The van der Waals surface area contributed by atoms with Crippen LogP contribution in [-0.2, 0) is 12.7 Å². The molecule has 0 atom stereocenters. The zero-order valence-electron chi connectivity index (χ0n) is 15.2. The summed E-state index contributed by atoms with van der Waals surface area (Å²) in [5, 5.41) is 7.79. The predicted octanol–water partition coefficient (Wildman–Crippen LogP) is 5.04. The minimum absolute atomic E-state index is 0.00746. The van der Waals surface area contributed by atoms with E-state index in [1.165, 1.54) is 30.4 Å². The summed E-state index contributed by atoms with van der Waals surface area (Å²) < 4.78 is 39.1. The zero-order valence-corrected chi connectivity index (χ0v) is 16.0. The third-order valence-corrected chi connectivity index (χ3v) is 4.81. The Balaban J connectivity index is 1.62. The monoisotopic (exact) mass is 419 g/mol. The molecule has 0 bridgehead atoms. The van der Waals surface area contributed by atoms with Crippen molar-refractivity contribution in [1.82, 2.24) is 10.3 Å². The number of hydrogen-bond acceptors (Lipinski definition) is 5. The van der Waals surface area contributed by atoms with Crippen LogP contribution < -0.4 is 10.6 Å². The van der Waals surface area contributed by atoms with Crippen LogP contribution in [0.4, 0.5) is 24.0 Å². The average Bonchev–Trinajstić information content (AvgIpc) is 3.13. The van der Waals surface area contributed by atoms with E-state index in [9.17, 15) is 22.8 Å². The number of rotatable bonds is 6. The number of hydrogen-bond donors (Lipinski definition) is 2. The molecule has 2 N–H and O–H groups in total. The number of carbonyl (C=O) groups excluding carboxylic acids is 2. The smallest absolute Gasteiger partial charge is 0.346 e. The number of ketones is 1. The quantitative estimate of drug-likeness (QED) is 0.550. The van der Waals surface area contributed by atoms with E-state index in [1.54, 1.807) is 29.6 Å². The molecule has 0 aliphatic heterocycles. The molecule has 0 aliphatic carbocycles. The van der Waals surface area contributed by atoms with Crippen LogP contribution in [-0.4, -0.2) is 16.7 Å². The van der Waals surface area contributed by atoms with Gasteiger partial charge in [0.15, 0.2) is 10.9 Å². The topological polar surface area (TPSA) is 71.1 Å². The normalized spacial score (nSPS) is 11.2. The van der Waals surface area contributed by atoms with E-state index in [-0.39, 0.29) is 12.3 Å². The van der Waals surface area contributed by atoms with Crippen LogP contribution in [0.5, 0.6) is 0 Å². The van der Waals surface area contributed by atoms with Gasteiger partial charge in [0.2, 0.25) is 0 Å². The molecule has 0 unspecified atom stereocenters. The molecule has 5 nitrogen and oxygen atoms in total. The number of halogens is 3. The Hall–Kier alpha value is -3.20. The lowest BCUT2D eigenvalue weighted by molar-refractivity contribution is -0.137. The van der Waals surface area contributed by atoms with E-state index >= 15 is 0 Å². The molecule has 0 aliphatic rings. The van der Waals surface area contributed by atoms with E-state index in [0.29, 0.717) is 16.4 Å². The van der Waals surface area contributed by atoms with Crippen molar-refractivity contribution in [1.29, 1.82) is 0 Å². The minimum atomic E-state index is -4.61. The van der Waals surface area contributed by atoms with Crippen LogP contribution in [0, 0.1) is 0 Å². The first-order valence-corrected chi connectivity index (χ1v) is 9.39. The van der Waals surface area contributed by atoms with E-state index in [1.807, 2.05) is 0 Å². The van der Waals surface area contributed by atoms with Crippen LogP contribution in [0.1, 0.15) is 38.9 Å². The van der Waals surface area contributed by atoms with Gasteiger partial charge in [0.1, 0.15) is 0 Å². The summed E-state index contributed by atoms with van der Waals surface area (Å²) in [7, 11) is 0. The number of aromatic nitrogens is 1. The molecule has 2 aromatic carbocycles. The molecule has 29 heavy (non-hydrogen) atoms. The summed E-state index contributed by atoms with van der Waals surface area (Å²) in [6.45, 7) is 1.48. The summed E-state index contributed by atoms with van der Waals surface area (Å²) >= 11 is 1.29. The summed E-state index contributed by atoms with van der Waals surface area (Å²) in [5.74, 6) is -0.851. The number of nitrogens with one attached hydrogen (secondary N) is 2. The van der Waals surface area contributed by atoms with E-state index in [4.69, 9.17) is 0 Å². The maximum absolute atomic E-state index is 13.0. The Morgan fingerprint density at radius 3 is 2.41 bits per heavy atom. The first kappa shape index (κ1) is 20.5. The summed E-state index contributed by atoms with van der Waals surface area (Å²) in [5.41, 5.74) is 0.429. The highest BCUT2D eigenvalue weighted by Crippen LogP contribution is 2.31. The van der Waals surface area contributed by atoms with Gasteiger partial charge in [-0.1, -0.05) is 12.1 Å². The van der Waals surface area contributed by atoms with Crippen LogP contribution >= 0.6 is 11.3 Å². The molecular formula is C20H16F3N3O2S. The van der Waals surface area contributed by atoms with E-state index in [2.05, 4.69) is 15.6 Å². The molecule has 9 heteroatoms. The van der Waals surface area contributed by atoms with Gasteiger partial charge in [-0.15, -0.1) is 11.3 Å². The van der Waals surface area contributed by atoms with Crippen LogP contribution in [0.2, 0.25) is 0 Å². The Bertz CT molecular complexity index is 1030. The fourth-order valence-electron chi connectivity index (χ4n) is 2.55. The van der Waals surface area contributed by atoms with Gasteiger partial charge >= 0.3 is 6.18 Å². The van der Waals surface area contributed by atoms with Gasteiger partial charge < -0.3 is 10.6 Å². The van der Waals surface area contributed by atoms with Crippen molar-refractivity contribution in [3.63, 3.8) is 0 Å². The van der Waals surface area contributed by atoms with Gasteiger partial charge in [0.25, 0.3) is 5.91 Å². The first-order chi connectivity index (χ1) is 13.7. The lowest BCUT2D eigenvalue weighted by Gasteiger charge is -2.12. The zero-order chi connectivity index (χ0) is 21.0. The molecule has 0 spiro atoms. The molecule has 150 valence electrons. The fraction of sp³-hybridized carbons (Fsp3) is 0.150. The van der Waals surface area contributed by atoms with Gasteiger partial charge in [-0.05, 0) is 43.3 Å². The van der Waals surface area contributed by atoms with Crippen molar-refractivity contribution in [2.24, 2.45) is 0 Å². The summed E-state index contributed by atoms with van der Waals surface area (Å²) in [6, 6.07) is 11.5. The molecule has 1 aromatic heterocycles. The van der Waals surface area contributed by atoms with E-state index < -0.39 is 23.2 Å². The summed E-state index contributed by atoms with van der Waals surface area (Å²) in [4.78, 5) is 27.8. The van der Waals surface area contributed by atoms with Gasteiger partial charge in [-0.3, -0.25) is 9.59 Å². The minimum Gasteiger partial charge on any atom is -0.346 e. The Morgan fingerprint density at radius 2 is 1.76 bits per heavy atom. The molecule has 0 radical (unpaired) electrons. The third-order valence-electron chi connectivity index (χ3n) is 4.00. The van der Waals surface area contributed by atoms with Crippen molar-refractivity contribution < 1.29 is 22.8 Å². The number of Topliss-reactive ketones (excluding diaryl/α,β-unsaturated/α-hetero) is 1. The third kappa shape index (κ3) is 5.20. The number of anilines is 2. The number of alkyl halides is 3. The number of thiazole rings is 1. The summed E-state index contributed by atoms with van der Waals surface area (Å²) in [6.07, 6.45) is -4.61. The van der Waals surface area contributed by atoms with Gasteiger partial charge in [0.05, 0.1) is 23.4 Å². The van der Waals surface area contributed by atoms with Crippen molar-refractivity contribution in [3.8, 4) is 0 Å². The lowest BCUT2D eigenvalue weighted by Crippen LogP contribution is -2.26. The Kier molecular flexibility index (Phi) is 5.97. The number of amides is 1. The van der Waals surface area contributed by atoms with Gasteiger partial charge in [-0.25, -0.2) is 4.98 Å². The number of nitrogens with zero attached hydrogens (tertiary/aromatic N) is 1. The standard InChI is InChI=1S/C20H16F3N3O2S/c1-12(27)13-6-8-14(9-7-13)25-19-26-15(11-29-19)10-24-18(28)16-4-2-3-5-17(16)20(21,22)23/h2-9,11H,10H2,1H3,(H,24,28)(H,25,26). The SMILES string of the molecule is CC(=O)c1ccc(Nc2nc(CNC(=O)c3ccccc3C(F)(F)F)cs2)cc1. The van der Waals surface area contributed by atoms with Crippen LogP contribution in [0.3, 0.4) is 0 Å². The van der Waals surface area contributed by atoms with E-state index in [0.717, 1.165) is 17.8 Å². The molecule has 0 saturated heterocycles. The second-order valence-corrected chi connectivity index (χ2v) is 6.99. The van der Waals surface area contributed by atoms with Gasteiger partial charge in [-0.2, -0.15) is 13.2 Å². The maximum atomic E-state index is 13.0. The van der Waals surface area contributed by atoms with Gasteiger partial charge in [0, 0.05) is 16.6 Å². The highest BCUT2D eigenvalue weighted by molar-refractivity contribution is 7.13. The van der Waals surface area contributed by atoms with Crippen molar-refractivity contribution in [2.75, 3.05) is 5.32 Å².